The number of para-hydroxylation sites is 2. The molecular formula is C45H27N3O2. The minimum absolute atomic E-state index is 0.0166. The number of benzene rings is 7. The van der Waals surface area contributed by atoms with Crippen molar-refractivity contribution in [3.05, 3.63) is 164 Å². The van der Waals surface area contributed by atoms with Crippen LogP contribution in [-0.2, 0) is 0 Å². The van der Waals surface area contributed by atoms with Gasteiger partial charge in [0.15, 0.2) is 17.5 Å². The van der Waals surface area contributed by atoms with Crippen LogP contribution in [0.3, 0.4) is 0 Å². The van der Waals surface area contributed by atoms with Crippen molar-refractivity contribution in [2.75, 3.05) is 0 Å². The van der Waals surface area contributed by atoms with Crippen LogP contribution >= 0.6 is 0 Å². The van der Waals surface area contributed by atoms with Gasteiger partial charge in [-0.15, -0.1) is 0 Å². The monoisotopic (exact) mass is 647 g/mol. The number of furan rings is 2. The van der Waals surface area contributed by atoms with E-state index in [2.05, 4.69) is 0 Å². The first-order valence-corrected chi connectivity index (χ1v) is 16.1. The van der Waals surface area contributed by atoms with Crippen molar-refractivity contribution in [3.8, 4) is 56.4 Å². The maximum atomic E-state index is 9.53. The van der Waals surface area contributed by atoms with Crippen LogP contribution in [0.25, 0.3) is 100 Å². The largest absolute Gasteiger partial charge is 0.456 e. The molecule has 50 heavy (non-hydrogen) atoms. The van der Waals surface area contributed by atoms with Gasteiger partial charge in [0.1, 0.15) is 22.3 Å². The maximum absolute atomic E-state index is 9.53. The molecule has 0 unspecified atom stereocenters. The highest BCUT2D eigenvalue weighted by Crippen LogP contribution is 2.40. The molecule has 0 fully saturated rings. The normalized spacial score (nSPS) is 13.3. The van der Waals surface area contributed by atoms with Crippen molar-refractivity contribution in [1.82, 2.24) is 15.0 Å². The van der Waals surface area contributed by atoms with Crippen molar-refractivity contribution in [2.45, 2.75) is 0 Å². The van der Waals surface area contributed by atoms with Crippen LogP contribution in [0.2, 0.25) is 0 Å². The Labute approximate surface area is 295 Å². The Kier molecular flexibility index (Phi) is 5.17. The zero-order valence-electron chi connectivity index (χ0n) is 32.3. The van der Waals surface area contributed by atoms with Crippen LogP contribution < -0.4 is 0 Å². The van der Waals surface area contributed by atoms with Gasteiger partial charge in [0.05, 0.1) is 13.8 Å². The van der Waals surface area contributed by atoms with E-state index in [1.807, 2.05) is 127 Å². The van der Waals surface area contributed by atoms with E-state index in [0.717, 1.165) is 21.9 Å². The summed E-state index contributed by atoms with van der Waals surface area (Å²) in [4.78, 5) is 14.5. The summed E-state index contributed by atoms with van der Waals surface area (Å²) in [5.74, 6) is 0.526. The Bertz CT molecular complexity index is 3220. The summed E-state index contributed by atoms with van der Waals surface area (Å²) in [6, 6.07) is 38.2. The van der Waals surface area contributed by atoms with Crippen molar-refractivity contribution >= 4 is 43.9 Å². The summed E-state index contributed by atoms with van der Waals surface area (Å²) in [6.45, 7) is 0. The molecule has 5 nitrogen and oxygen atoms in total. The zero-order chi connectivity index (χ0) is 38.2. The Morgan fingerprint density at radius 3 is 1.96 bits per heavy atom. The molecule has 0 aliphatic heterocycles. The second kappa shape index (κ2) is 11.4. The minimum Gasteiger partial charge on any atom is -0.456 e. The SMILES string of the molecule is [2H]c1c([2H])c(-c2cccc(-c3ccccc3)c2)c2c(oc3c([2H])c(-c4nc(-c5ccccc5)nc(-c5cccc6c5oc5ccccc56)n4)c([2H])c([2H])c32)c1[2H]. The van der Waals surface area contributed by atoms with Gasteiger partial charge in [0.25, 0.3) is 0 Å². The molecule has 7 aromatic carbocycles. The van der Waals surface area contributed by atoms with E-state index < -0.39 is 0 Å². The highest BCUT2D eigenvalue weighted by molar-refractivity contribution is 6.13. The van der Waals surface area contributed by atoms with Gasteiger partial charge in [-0.2, -0.15) is 0 Å². The molecule has 0 N–H and O–H groups in total. The molecule has 5 heteroatoms. The molecule has 234 valence electrons. The average molecular weight is 648 g/mol. The molecule has 0 aliphatic rings. The molecule has 10 aromatic rings. The van der Waals surface area contributed by atoms with Crippen LogP contribution in [0.4, 0.5) is 0 Å². The first-order valence-electron chi connectivity index (χ1n) is 19.1. The summed E-state index contributed by atoms with van der Waals surface area (Å²) in [5, 5.41) is 2.14. The number of hydrogen-bond donors (Lipinski definition) is 0. The van der Waals surface area contributed by atoms with Gasteiger partial charge in [0.2, 0.25) is 0 Å². The molecule has 0 saturated heterocycles. The van der Waals surface area contributed by atoms with Crippen LogP contribution in [0.15, 0.2) is 172 Å². The van der Waals surface area contributed by atoms with E-state index in [0.29, 0.717) is 33.7 Å². The van der Waals surface area contributed by atoms with Gasteiger partial charge in [-0.05, 0) is 58.6 Å². The third-order valence-electron chi connectivity index (χ3n) is 8.87. The maximum Gasteiger partial charge on any atom is 0.167 e. The van der Waals surface area contributed by atoms with Crippen LogP contribution in [-0.4, -0.2) is 15.0 Å². The number of fused-ring (bicyclic) bond motifs is 6. The van der Waals surface area contributed by atoms with Crippen LogP contribution in [0, 0.1) is 0 Å². The average Bonchev–Trinajstić information content (AvgIpc) is 3.83. The predicted molar refractivity (Wildman–Crippen MR) is 202 cm³/mol. The van der Waals surface area contributed by atoms with Crippen LogP contribution in [0.1, 0.15) is 8.22 Å². The molecule has 0 spiro atoms. The minimum atomic E-state index is -0.351. The third-order valence-corrected chi connectivity index (χ3v) is 8.87. The topological polar surface area (TPSA) is 65.0 Å². The predicted octanol–water partition coefficient (Wildman–Crippen LogP) is 12.0. The lowest BCUT2D eigenvalue weighted by Gasteiger charge is -2.09. The second-order valence-corrected chi connectivity index (χ2v) is 11.9. The second-order valence-electron chi connectivity index (χ2n) is 11.9. The summed E-state index contributed by atoms with van der Waals surface area (Å²) < 4.78 is 67.6. The van der Waals surface area contributed by atoms with Crippen LogP contribution in [0.5, 0.6) is 0 Å². The summed E-state index contributed by atoms with van der Waals surface area (Å²) in [5.41, 5.74) is 5.04. The number of hydrogen-bond acceptors (Lipinski definition) is 5. The fourth-order valence-electron chi connectivity index (χ4n) is 6.51. The summed E-state index contributed by atoms with van der Waals surface area (Å²) in [6.07, 6.45) is 0. The first-order chi connectivity index (χ1) is 27.3. The van der Waals surface area contributed by atoms with Gasteiger partial charge in [-0.25, -0.2) is 15.0 Å². The molecule has 0 amide bonds. The van der Waals surface area contributed by atoms with E-state index in [9.17, 15) is 4.11 Å². The molecule has 3 aromatic heterocycles. The molecule has 0 aliphatic carbocycles. The smallest absolute Gasteiger partial charge is 0.167 e. The fraction of sp³-hybridized carbons (Fsp3) is 0. The van der Waals surface area contributed by atoms with E-state index in [1.165, 1.54) is 0 Å². The molecule has 0 radical (unpaired) electrons. The van der Waals surface area contributed by atoms with E-state index in [4.69, 9.17) is 27.9 Å². The molecule has 0 bridgehead atoms. The molecule has 0 saturated carbocycles. The van der Waals surface area contributed by atoms with Gasteiger partial charge >= 0.3 is 0 Å². The number of aromatic nitrogens is 3. The summed E-state index contributed by atoms with van der Waals surface area (Å²) in [7, 11) is 0. The fourth-order valence-corrected chi connectivity index (χ4v) is 6.51. The highest BCUT2D eigenvalue weighted by Gasteiger charge is 2.19. The van der Waals surface area contributed by atoms with Crippen molar-refractivity contribution in [3.63, 3.8) is 0 Å². The number of rotatable bonds is 5. The van der Waals surface area contributed by atoms with Gasteiger partial charge < -0.3 is 8.83 Å². The Morgan fingerprint density at radius 2 is 1.10 bits per heavy atom. The van der Waals surface area contributed by atoms with Crippen molar-refractivity contribution in [1.29, 1.82) is 0 Å². The molecule has 0 atom stereocenters. The quantitative estimate of drug-likeness (QED) is 0.186. The Morgan fingerprint density at radius 1 is 0.420 bits per heavy atom. The lowest BCUT2D eigenvalue weighted by molar-refractivity contribution is 0.668. The van der Waals surface area contributed by atoms with E-state index in [1.54, 1.807) is 0 Å². The van der Waals surface area contributed by atoms with E-state index in [-0.39, 0.29) is 81.0 Å². The molecular weight excluding hydrogens is 615 g/mol. The Balaban J connectivity index is 1.24. The van der Waals surface area contributed by atoms with Gasteiger partial charge in [-0.3, -0.25) is 0 Å². The van der Waals surface area contributed by atoms with Gasteiger partial charge in [-0.1, -0.05) is 127 Å². The van der Waals surface area contributed by atoms with Crippen molar-refractivity contribution < 1.29 is 17.1 Å². The number of nitrogens with zero attached hydrogens (tertiary/aromatic N) is 3. The first kappa shape index (κ1) is 22.7. The highest BCUT2D eigenvalue weighted by atomic mass is 16.3. The molecule has 10 rings (SSSR count). The van der Waals surface area contributed by atoms with Crippen molar-refractivity contribution in [2.24, 2.45) is 0 Å². The standard InChI is InChI=1S/C45H27N3O2/c1-3-12-28(13-4-1)30-16-9-17-31(26-30)33-19-11-23-39-41(33)36-25-24-32(27-40(36)49-39)44-46-43(29-14-5-2-6-15-29)47-45(48-44)37-21-10-20-35-34-18-7-8-22-38(34)50-42(35)37/h1-27H/i11D,19D,23D,24D,25D,27D. The summed E-state index contributed by atoms with van der Waals surface area (Å²) >= 11 is 0. The van der Waals surface area contributed by atoms with Gasteiger partial charge in [0, 0.05) is 32.7 Å². The lowest BCUT2D eigenvalue weighted by atomic mass is 9.96. The lowest BCUT2D eigenvalue weighted by Crippen LogP contribution is -2.00. The Hall–Kier alpha value is -6.85. The van der Waals surface area contributed by atoms with E-state index >= 15 is 0 Å². The molecule has 3 heterocycles. The zero-order valence-corrected chi connectivity index (χ0v) is 26.3. The third kappa shape index (κ3) is 4.67.